The molecule has 0 aliphatic rings. The van der Waals surface area contributed by atoms with Crippen LogP contribution in [-0.2, 0) is 5.75 Å². The molecule has 2 aromatic carbocycles. The van der Waals surface area contributed by atoms with E-state index in [1.165, 1.54) is 5.56 Å². The topological polar surface area (TPSA) is 20.2 Å². The molecule has 2 aromatic rings. The average Bonchev–Trinajstić information content (AvgIpc) is 2.41. The third-order valence-corrected chi connectivity index (χ3v) is 4.58. The number of rotatable bonds is 5. The molecule has 0 fully saturated rings. The lowest BCUT2D eigenvalue weighted by molar-refractivity contribution is 0.204. The van der Waals surface area contributed by atoms with Gasteiger partial charge in [0.25, 0.3) is 0 Å². The molecule has 0 aromatic heterocycles. The maximum absolute atomic E-state index is 10.1. The highest BCUT2D eigenvalue weighted by Crippen LogP contribution is 2.23. The first kappa shape index (κ1) is 14.9. The van der Waals surface area contributed by atoms with Crippen molar-refractivity contribution < 1.29 is 5.11 Å². The fraction of sp³-hybridized carbons (Fsp3) is 0.200. The molecule has 0 aliphatic carbocycles. The van der Waals surface area contributed by atoms with E-state index in [1.54, 1.807) is 11.8 Å². The van der Waals surface area contributed by atoms with Crippen molar-refractivity contribution in [3.05, 3.63) is 69.2 Å². The molecule has 0 saturated carbocycles. The fourth-order valence-electron chi connectivity index (χ4n) is 1.65. The Morgan fingerprint density at radius 2 is 1.68 bits per heavy atom. The highest BCUT2D eigenvalue weighted by atomic mass is 79.9. The van der Waals surface area contributed by atoms with E-state index in [0.29, 0.717) is 5.75 Å². The summed E-state index contributed by atoms with van der Waals surface area (Å²) in [7, 11) is 0. The smallest absolute Gasteiger partial charge is 0.0880 e. The van der Waals surface area contributed by atoms with Crippen LogP contribution < -0.4 is 0 Å². The molecular formula is C15H14BrClOS. The standard InChI is InChI=1S/C15H14BrClOS/c16-13-5-3-12(4-6-13)15(18)10-19-9-11-1-7-14(17)8-2-11/h1-8,15,18H,9-10H2. The lowest BCUT2D eigenvalue weighted by Crippen LogP contribution is -2.00. The minimum Gasteiger partial charge on any atom is -0.388 e. The first-order valence-corrected chi connectivity index (χ1v) is 8.23. The number of aliphatic hydroxyl groups is 1. The average molecular weight is 358 g/mol. The highest BCUT2D eigenvalue weighted by molar-refractivity contribution is 9.10. The number of benzene rings is 2. The molecule has 0 saturated heterocycles. The Labute approximate surface area is 131 Å². The van der Waals surface area contributed by atoms with Gasteiger partial charge in [-0.3, -0.25) is 0 Å². The molecular weight excluding hydrogens is 344 g/mol. The third-order valence-electron chi connectivity index (χ3n) is 2.71. The molecule has 2 rings (SSSR count). The summed E-state index contributed by atoms with van der Waals surface area (Å²) in [5, 5.41) is 10.8. The molecule has 0 aliphatic heterocycles. The van der Waals surface area contributed by atoms with Crippen LogP contribution >= 0.6 is 39.3 Å². The Kier molecular flexibility index (Phi) is 5.76. The van der Waals surface area contributed by atoms with Gasteiger partial charge in [0, 0.05) is 21.0 Å². The molecule has 0 radical (unpaired) electrons. The number of hydrogen-bond donors (Lipinski definition) is 1. The number of aliphatic hydroxyl groups excluding tert-OH is 1. The summed E-state index contributed by atoms with van der Waals surface area (Å²) in [5.41, 5.74) is 2.17. The minimum absolute atomic E-state index is 0.426. The number of thioether (sulfide) groups is 1. The van der Waals surface area contributed by atoms with Crippen LogP contribution in [0, 0.1) is 0 Å². The van der Waals surface area contributed by atoms with Crippen molar-refractivity contribution in [2.45, 2.75) is 11.9 Å². The molecule has 1 unspecified atom stereocenters. The summed E-state index contributed by atoms with van der Waals surface area (Å²) >= 11 is 10.9. The van der Waals surface area contributed by atoms with Gasteiger partial charge in [0.2, 0.25) is 0 Å². The lowest BCUT2D eigenvalue weighted by atomic mass is 10.1. The van der Waals surface area contributed by atoms with E-state index in [1.807, 2.05) is 48.5 Å². The highest BCUT2D eigenvalue weighted by Gasteiger charge is 2.07. The lowest BCUT2D eigenvalue weighted by Gasteiger charge is -2.10. The van der Waals surface area contributed by atoms with Crippen LogP contribution in [0.2, 0.25) is 5.02 Å². The van der Waals surface area contributed by atoms with Gasteiger partial charge in [0.15, 0.2) is 0 Å². The summed E-state index contributed by atoms with van der Waals surface area (Å²) < 4.78 is 1.03. The SMILES string of the molecule is OC(CSCc1ccc(Cl)cc1)c1ccc(Br)cc1. The largest absolute Gasteiger partial charge is 0.388 e. The van der Waals surface area contributed by atoms with E-state index < -0.39 is 6.10 Å². The van der Waals surface area contributed by atoms with Crippen molar-refractivity contribution in [1.82, 2.24) is 0 Å². The van der Waals surface area contributed by atoms with Crippen molar-refractivity contribution in [3.8, 4) is 0 Å². The van der Waals surface area contributed by atoms with Gasteiger partial charge in [-0.25, -0.2) is 0 Å². The molecule has 1 nitrogen and oxygen atoms in total. The number of hydrogen-bond acceptors (Lipinski definition) is 2. The van der Waals surface area contributed by atoms with Gasteiger partial charge in [0.1, 0.15) is 0 Å². The Hall–Kier alpha value is -0.480. The molecule has 0 spiro atoms. The predicted octanol–water partition coefficient (Wildman–Crippen LogP) is 5.07. The zero-order chi connectivity index (χ0) is 13.7. The van der Waals surface area contributed by atoms with Crippen LogP contribution in [0.5, 0.6) is 0 Å². The van der Waals surface area contributed by atoms with Crippen molar-refractivity contribution in [1.29, 1.82) is 0 Å². The molecule has 1 N–H and O–H groups in total. The quantitative estimate of drug-likeness (QED) is 0.806. The Morgan fingerprint density at radius 1 is 1.05 bits per heavy atom. The molecule has 0 amide bonds. The van der Waals surface area contributed by atoms with Crippen LogP contribution in [0.1, 0.15) is 17.2 Å². The second kappa shape index (κ2) is 7.34. The van der Waals surface area contributed by atoms with E-state index in [9.17, 15) is 5.11 Å². The van der Waals surface area contributed by atoms with Crippen molar-refractivity contribution in [3.63, 3.8) is 0 Å². The van der Waals surface area contributed by atoms with Crippen molar-refractivity contribution in [2.24, 2.45) is 0 Å². The van der Waals surface area contributed by atoms with E-state index in [0.717, 1.165) is 20.8 Å². The second-order valence-electron chi connectivity index (χ2n) is 4.21. The van der Waals surface area contributed by atoms with Crippen molar-refractivity contribution in [2.75, 3.05) is 5.75 Å². The summed E-state index contributed by atoms with van der Waals surface area (Å²) in [4.78, 5) is 0. The number of halogens is 2. The Morgan fingerprint density at radius 3 is 2.32 bits per heavy atom. The van der Waals surface area contributed by atoms with Gasteiger partial charge in [0.05, 0.1) is 6.10 Å². The van der Waals surface area contributed by atoms with Gasteiger partial charge in [-0.05, 0) is 35.4 Å². The van der Waals surface area contributed by atoms with Gasteiger partial charge in [-0.1, -0.05) is 51.8 Å². The van der Waals surface area contributed by atoms with Crippen LogP contribution in [-0.4, -0.2) is 10.9 Å². The molecule has 4 heteroatoms. The third kappa shape index (κ3) is 4.84. The molecule has 0 bridgehead atoms. The fourth-order valence-corrected chi connectivity index (χ4v) is 3.00. The maximum Gasteiger partial charge on any atom is 0.0880 e. The Balaban J connectivity index is 1.82. The zero-order valence-corrected chi connectivity index (χ0v) is 13.4. The van der Waals surface area contributed by atoms with Crippen molar-refractivity contribution >= 4 is 39.3 Å². The minimum atomic E-state index is -0.426. The first-order chi connectivity index (χ1) is 9.15. The summed E-state index contributed by atoms with van der Waals surface area (Å²) in [6.45, 7) is 0. The van der Waals surface area contributed by atoms with E-state index >= 15 is 0 Å². The monoisotopic (exact) mass is 356 g/mol. The van der Waals surface area contributed by atoms with Gasteiger partial charge in [-0.2, -0.15) is 11.8 Å². The van der Waals surface area contributed by atoms with E-state index in [4.69, 9.17) is 11.6 Å². The van der Waals surface area contributed by atoms with E-state index in [2.05, 4.69) is 15.9 Å². The van der Waals surface area contributed by atoms with Gasteiger partial charge >= 0.3 is 0 Å². The van der Waals surface area contributed by atoms with Crippen LogP contribution in [0.15, 0.2) is 53.0 Å². The molecule has 0 heterocycles. The van der Waals surface area contributed by atoms with Crippen LogP contribution in [0.25, 0.3) is 0 Å². The summed E-state index contributed by atoms with van der Waals surface area (Å²) in [6.07, 6.45) is -0.426. The van der Waals surface area contributed by atoms with E-state index in [-0.39, 0.29) is 0 Å². The summed E-state index contributed by atoms with van der Waals surface area (Å²) in [6, 6.07) is 15.6. The molecule has 19 heavy (non-hydrogen) atoms. The molecule has 1 atom stereocenters. The second-order valence-corrected chi connectivity index (χ2v) is 6.59. The maximum atomic E-state index is 10.1. The van der Waals surface area contributed by atoms with Gasteiger partial charge in [-0.15, -0.1) is 0 Å². The summed E-state index contributed by atoms with van der Waals surface area (Å²) in [5.74, 6) is 1.56. The molecule has 100 valence electrons. The first-order valence-electron chi connectivity index (χ1n) is 5.91. The van der Waals surface area contributed by atoms with Crippen LogP contribution in [0.3, 0.4) is 0 Å². The van der Waals surface area contributed by atoms with Crippen LogP contribution in [0.4, 0.5) is 0 Å². The normalized spacial score (nSPS) is 12.4. The zero-order valence-electron chi connectivity index (χ0n) is 10.2. The predicted molar refractivity (Wildman–Crippen MR) is 86.7 cm³/mol. The Bertz CT molecular complexity index is 513. The van der Waals surface area contributed by atoms with Gasteiger partial charge < -0.3 is 5.11 Å².